The number of hydrogen-bond acceptors (Lipinski definition) is 6. The Labute approximate surface area is 217 Å². The van der Waals surface area contributed by atoms with Gasteiger partial charge < -0.3 is 15.4 Å². The van der Waals surface area contributed by atoms with Crippen LogP contribution in [0.2, 0.25) is 0 Å². The number of fused-ring (bicyclic) bond motifs is 1. The Bertz CT molecular complexity index is 1700. The number of benzene rings is 3. The third-order valence-electron chi connectivity index (χ3n) is 5.71. The highest BCUT2D eigenvalue weighted by Gasteiger charge is 2.11. The molecule has 0 saturated carbocycles. The number of pyridine rings is 1. The van der Waals surface area contributed by atoms with E-state index in [1.807, 2.05) is 78.9 Å². The number of ether oxygens (including phenoxy) is 1. The molecule has 38 heavy (non-hydrogen) atoms. The van der Waals surface area contributed by atoms with Crippen LogP contribution in [0.4, 0.5) is 16.2 Å². The van der Waals surface area contributed by atoms with Crippen molar-refractivity contribution in [3.63, 3.8) is 0 Å². The molecule has 0 aliphatic heterocycles. The molecular weight excluding hydrogens is 478 g/mol. The lowest BCUT2D eigenvalue weighted by atomic mass is 10.1. The van der Waals surface area contributed by atoms with Gasteiger partial charge in [0.1, 0.15) is 11.5 Å². The summed E-state index contributed by atoms with van der Waals surface area (Å²) < 4.78 is 7.49. The molecule has 2 N–H and O–H groups in total. The van der Waals surface area contributed by atoms with Crippen LogP contribution in [0.3, 0.4) is 0 Å². The summed E-state index contributed by atoms with van der Waals surface area (Å²) in [5.41, 5.74) is 4.32. The van der Waals surface area contributed by atoms with Crippen LogP contribution in [-0.2, 0) is 0 Å². The van der Waals surface area contributed by atoms with Gasteiger partial charge in [-0.05, 0) is 72.8 Å². The van der Waals surface area contributed by atoms with Crippen molar-refractivity contribution in [1.82, 2.24) is 24.8 Å². The molecule has 0 radical (unpaired) electrons. The van der Waals surface area contributed by atoms with Crippen LogP contribution in [0.1, 0.15) is 0 Å². The van der Waals surface area contributed by atoms with E-state index in [1.165, 1.54) is 0 Å². The lowest BCUT2D eigenvalue weighted by molar-refractivity contribution is 0.262. The summed E-state index contributed by atoms with van der Waals surface area (Å²) in [5, 5.41) is 18.9. The highest BCUT2D eigenvalue weighted by molar-refractivity contribution is 6.00. The Morgan fingerprint density at radius 1 is 0.684 bits per heavy atom. The Morgan fingerprint density at radius 3 is 2.26 bits per heavy atom. The first-order valence-corrected chi connectivity index (χ1v) is 11.9. The number of amides is 2. The maximum Gasteiger partial charge on any atom is 0.323 e. The minimum Gasteiger partial charge on any atom is -0.457 e. The average molecular weight is 500 g/mol. The van der Waals surface area contributed by atoms with E-state index in [0.717, 1.165) is 16.9 Å². The first-order valence-electron chi connectivity index (χ1n) is 11.9. The van der Waals surface area contributed by atoms with Crippen molar-refractivity contribution < 1.29 is 9.53 Å². The summed E-state index contributed by atoms with van der Waals surface area (Å²) in [7, 11) is 0. The van der Waals surface area contributed by atoms with Crippen molar-refractivity contribution in [2.24, 2.45) is 0 Å². The van der Waals surface area contributed by atoms with Crippen LogP contribution in [-0.4, -0.2) is 30.8 Å². The fourth-order valence-electron chi connectivity index (χ4n) is 3.90. The molecule has 9 heteroatoms. The number of carbonyl (C=O) groups excluding carboxylic acids is 1. The molecule has 0 bridgehead atoms. The Balaban J connectivity index is 1.15. The molecule has 0 saturated heterocycles. The number of aromatic nitrogens is 5. The third kappa shape index (κ3) is 5.02. The largest absolute Gasteiger partial charge is 0.457 e. The van der Waals surface area contributed by atoms with Gasteiger partial charge in [0.2, 0.25) is 0 Å². The molecule has 6 aromatic rings. The molecule has 0 fully saturated rings. The first kappa shape index (κ1) is 22.9. The molecule has 2 amide bonds. The normalized spacial score (nSPS) is 10.7. The van der Waals surface area contributed by atoms with Crippen molar-refractivity contribution in [2.45, 2.75) is 0 Å². The number of nitrogens with zero attached hydrogens (tertiary/aromatic N) is 5. The monoisotopic (exact) mass is 499 g/mol. The summed E-state index contributed by atoms with van der Waals surface area (Å²) in [6, 6.07) is 31.3. The molecule has 0 aliphatic rings. The van der Waals surface area contributed by atoms with Gasteiger partial charge in [0.05, 0.1) is 5.69 Å². The molecule has 3 aromatic carbocycles. The molecule has 0 spiro atoms. The molecule has 6 rings (SSSR count). The van der Waals surface area contributed by atoms with Gasteiger partial charge in [0.25, 0.3) is 0 Å². The van der Waals surface area contributed by atoms with Crippen LogP contribution in [0, 0.1) is 0 Å². The van der Waals surface area contributed by atoms with Gasteiger partial charge in [0, 0.05) is 34.9 Å². The highest BCUT2D eigenvalue weighted by Crippen LogP contribution is 2.25. The van der Waals surface area contributed by atoms with Crippen LogP contribution >= 0.6 is 0 Å². The quantitative estimate of drug-likeness (QED) is 0.279. The van der Waals surface area contributed by atoms with E-state index in [9.17, 15) is 4.79 Å². The zero-order chi connectivity index (χ0) is 25.7. The van der Waals surface area contributed by atoms with Crippen molar-refractivity contribution in [3.05, 3.63) is 116 Å². The number of anilines is 2. The smallest absolute Gasteiger partial charge is 0.323 e. The molecule has 0 atom stereocenters. The summed E-state index contributed by atoms with van der Waals surface area (Å²) in [6.45, 7) is 0. The van der Waals surface area contributed by atoms with E-state index in [2.05, 4.69) is 25.8 Å². The van der Waals surface area contributed by atoms with Gasteiger partial charge in [-0.3, -0.25) is 4.98 Å². The number of para-hydroxylation sites is 1. The standard InChI is InChI=1S/C29H21N7O2/c37-29(31-22-9-11-25(12-10-22)38-24-7-2-1-3-8-24)32-23-6-4-5-21(19-23)26-13-14-27-33-34-28(36(27)35-26)20-15-17-30-18-16-20/h1-19H,(H2,31,32,37). The summed E-state index contributed by atoms with van der Waals surface area (Å²) in [6.07, 6.45) is 3.40. The SMILES string of the molecule is O=C(Nc1ccc(Oc2ccccc2)cc1)Nc1cccc(-c2ccc3nnc(-c4ccncc4)n3n2)c1. The summed E-state index contributed by atoms with van der Waals surface area (Å²) in [5.74, 6) is 2.05. The molecule has 184 valence electrons. The number of nitrogens with one attached hydrogen (secondary N) is 2. The number of urea groups is 1. The maximum absolute atomic E-state index is 12.7. The van der Waals surface area contributed by atoms with E-state index in [0.29, 0.717) is 34.3 Å². The van der Waals surface area contributed by atoms with Crippen LogP contribution < -0.4 is 15.4 Å². The van der Waals surface area contributed by atoms with E-state index in [4.69, 9.17) is 9.84 Å². The molecular formula is C29H21N7O2. The summed E-state index contributed by atoms with van der Waals surface area (Å²) >= 11 is 0. The van der Waals surface area contributed by atoms with Crippen molar-refractivity contribution in [1.29, 1.82) is 0 Å². The van der Waals surface area contributed by atoms with E-state index < -0.39 is 0 Å². The van der Waals surface area contributed by atoms with E-state index >= 15 is 0 Å². The fourth-order valence-corrected chi connectivity index (χ4v) is 3.90. The Kier molecular flexibility index (Phi) is 6.13. The van der Waals surface area contributed by atoms with Gasteiger partial charge in [-0.2, -0.15) is 9.61 Å². The van der Waals surface area contributed by atoms with E-state index in [1.54, 1.807) is 41.2 Å². The molecule has 0 unspecified atom stereocenters. The minimum atomic E-state index is -0.360. The van der Waals surface area contributed by atoms with Gasteiger partial charge in [-0.15, -0.1) is 10.2 Å². The van der Waals surface area contributed by atoms with E-state index in [-0.39, 0.29) is 6.03 Å². The fraction of sp³-hybridized carbons (Fsp3) is 0. The van der Waals surface area contributed by atoms with Crippen molar-refractivity contribution in [2.75, 3.05) is 10.6 Å². The maximum atomic E-state index is 12.7. The Hall–Kier alpha value is -5.57. The average Bonchev–Trinajstić information content (AvgIpc) is 3.39. The first-order chi connectivity index (χ1) is 18.7. The highest BCUT2D eigenvalue weighted by atomic mass is 16.5. The van der Waals surface area contributed by atoms with Crippen LogP contribution in [0.25, 0.3) is 28.3 Å². The van der Waals surface area contributed by atoms with Crippen molar-refractivity contribution in [3.8, 4) is 34.1 Å². The molecule has 9 nitrogen and oxygen atoms in total. The zero-order valence-corrected chi connectivity index (χ0v) is 20.0. The predicted molar refractivity (Wildman–Crippen MR) is 145 cm³/mol. The van der Waals surface area contributed by atoms with Gasteiger partial charge in [-0.25, -0.2) is 4.79 Å². The van der Waals surface area contributed by atoms with Crippen LogP contribution in [0.5, 0.6) is 11.5 Å². The topological polar surface area (TPSA) is 106 Å². The minimum absolute atomic E-state index is 0.360. The molecule has 3 aromatic heterocycles. The molecule has 3 heterocycles. The number of hydrogen-bond donors (Lipinski definition) is 2. The second kappa shape index (κ2) is 10.2. The van der Waals surface area contributed by atoms with Gasteiger partial charge in [-0.1, -0.05) is 30.3 Å². The zero-order valence-electron chi connectivity index (χ0n) is 20.0. The van der Waals surface area contributed by atoms with Gasteiger partial charge in [0.15, 0.2) is 11.5 Å². The molecule has 0 aliphatic carbocycles. The second-order valence-corrected chi connectivity index (χ2v) is 8.35. The predicted octanol–water partition coefficient (Wildman–Crippen LogP) is 6.29. The third-order valence-corrected chi connectivity index (χ3v) is 5.71. The van der Waals surface area contributed by atoms with Gasteiger partial charge >= 0.3 is 6.03 Å². The van der Waals surface area contributed by atoms with Crippen LogP contribution in [0.15, 0.2) is 116 Å². The number of carbonyl (C=O) groups is 1. The lowest BCUT2D eigenvalue weighted by Gasteiger charge is -2.10. The second-order valence-electron chi connectivity index (χ2n) is 8.35. The lowest BCUT2D eigenvalue weighted by Crippen LogP contribution is -2.19. The Morgan fingerprint density at radius 2 is 1.45 bits per heavy atom. The summed E-state index contributed by atoms with van der Waals surface area (Å²) in [4.78, 5) is 16.7. The number of rotatable bonds is 6. The van der Waals surface area contributed by atoms with Crippen molar-refractivity contribution >= 4 is 23.1 Å².